The maximum absolute atomic E-state index is 8.26. The van der Waals surface area contributed by atoms with Crippen molar-refractivity contribution in [2.45, 2.75) is 19.8 Å². The minimum Gasteiger partial charge on any atom is -0.404 e. The smallest absolute Gasteiger partial charge is 0.0962 e. The van der Waals surface area contributed by atoms with Crippen LogP contribution in [0, 0.1) is 11.3 Å². The molecule has 0 aliphatic heterocycles. The molecular formula is C6H10N2. The first-order chi connectivity index (χ1) is 3.85. The van der Waals surface area contributed by atoms with Crippen LogP contribution in [0.1, 0.15) is 19.8 Å². The Hall–Kier alpha value is -0.970. The van der Waals surface area contributed by atoms with Crippen molar-refractivity contribution >= 4 is 0 Å². The van der Waals surface area contributed by atoms with E-state index in [0.29, 0.717) is 5.57 Å². The standard InChI is InChI=1S/C6H10N2/c1-2-3-6(4-7)5-8/h4H,2-3,7H2,1H3. The maximum Gasteiger partial charge on any atom is 0.0962 e. The average Bonchev–Trinajstić information content (AvgIpc) is 1.83. The van der Waals surface area contributed by atoms with Gasteiger partial charge >= 0.3 is 0 Å². The molecule has 8 heavy (non-hydrogen) atoms. The van der Waals surface area contributed by atoms with E-state index in [4.69, 9.17) is 11.0 Å². The monoisotopic (exact) mass is 110 g/mol. The van der Waals surface area contributed by atoms with Crippen LogP contribution in [0.3, 0.4) is 0 Å². The van der Waals surface area contributed by atoms with Gasteiger partial charge in [-0.1, -0.05) is 13.3 Å². The fraction of sp³-hybridized carbons (Fsp3) is 0.500. The molecule has 44 valence electrons. The summed E-state index contributed by atoms with van der Waals surface area (Å²) in [6.07, 6.45) is 3.15. The molecule has 0 heterocycles. The lowest BCUT2D eigenvalue weighted by atomic mass is 10.2. The molecule has 2 nitrogen and oxygen atoms in total. The third-order valence-electron chi connectivity index (χ3n) is 0.864. The van der Waals surface area contributed by atoms with Crippen LogP contribution in [-0.2, 0) is 0 Å². The lowest BCUT2D eigenvalue weighted by molar-refractivity contribution is 0.925. The summed E-state index contributed by atoms with van der Waals surface area (Å²) >= 11 is 0. The topological polar surface area (TPSA) is 49.8 Å². The first-order valence-electron chi connectivity index (χ1n) is 2.66. The average molecular weight is 110 g/mol. The zero-order valence-electron chi connectivity index (χ0n) is 5.02. The fourth-order valence-electron chi connectivity index (χ4n) is 0.446. The quantitative estimate of drug-likeness (QED) is 0.542. The summed E-state index contributed by atoms with van der Waals surface area (Å²) in [5.41, 5.74) is 5.76. The first-order valence-corrected chi connectivity index (χ1v) is 2.66. The van der Waals surface area contributed by atoms with Gasteiger partial charge in [0.2, 0.25) is 0 Å². The van der Waals surface area contributed by atoms with Crippen molar-refractivity contribution < 1.29 is 0 Å². The van der Waals surface area contributed by atoms with Crippen molar-refractivity contribution in [1.29, 1.82) is 5.26 Å². The molecule has 0 rings (SSSR count). The van der Waals surface area contributed by atoms with Crippen LogP contribution < -0.4 is 5.73 Å². The number of nitriles is 1. The summed E-state index contributed by atoms with van der Waals surface area (Å²) in [5.74, 6) is 0. The van der Waals surface area contributed by atoms with Crippen molar-refractivity contribution in [2.24, 2.45) is 5.73 Å². The molecule has 0 aliphatic carbocycles. The van der Waals surface area contributed by atoms with Crippen LogP contribution in [0.5, 0.6) is 0 Å². The van der Waals surface area contributed by atoms with Gasteiger partial charge in [-0.15, -0.1) is 0 Å². The van der Waals surface area contributed by atoms with Gasteiger partial charge < -0.3 is 5.73 Å². The number of nitrogens with zero attached hydrogens (tertiary/aromatic N) is 1. The zero-order valence-corrected chi connectivity index (χ0v) is 5.02. The molecule has 0 aromatic carbocycles. The highest BCUT2D eigenvalue weighted by atomic mass is 14.5. The molecule has 2 heteroatoms. The molecule has 0 unspecified atom stereocenters. The van der Waals surface area contributed by atoms with Gasteiger partial charge in [0.25, 0.3) is 0 Å². The Morgan fingerprint density at radius 2 is 2.50 bits per heavy atom. The van der Waals surface area contributed by atoms with E-state index >= 15 is 0 Å². The lowest BCUT2D eigenvalue weighted by Gasteiger charge is -1.87. The van der Waals surface area contributed by atoms with Crippen molar-refractivity contribution in [2.75, 3.05) is 0 Å². The third-order valence-corrected chi connectivity index (χ3v) is 0.864. The highest BCUT2D eigenvalue weighted by molar-refractivity contribution is 5.18. The number of rotatable bonds is 2. The number of nitrogens with two attached hydrogens (primary N) is 1. The molecule has 0 radical (unpaired) electrons. The molecule has 0 bridgehead atoms. The van der Waals surface area contributed by atoms with Gasteiger partial charge in [0.15, 0.2) is 0 Å². The van der Waals surface area contributed by atoms with Crippen LogP contribution in [0.25, 0.3) is 0 Å². The SMILES string of the molecule is CCCC(C#N)=CN. The highest BCUT2D eigenvalue weighted by Crippen LogP contribution is 1.98. The van der Waals surface area contributed by atoms with Gasteiger partial charge in [-0.2, -0.15) is 5.26 Å². The summed E-state index contributed by atoms with van der Waals surface area (Å²) < 4.78 is 0. The molecule has 0 saturated heterocycles. The number of hydrogen-bond acceptors (Lipinski definition) is 2. The van der Waals surface area contributed by atoms with Gasteiger partial charge in [-0.05, 0) is 6.42 Å². The molecule has 0 fully saturated rings. The van der Waals surface area contributed by atoms with Crippen molar-refractivity contribution in [3.63, 3.8) is 0 Å². The summed E-state index contributed by atoms with van der Waals surface area (Å²) in [4.78, 5) is 0. The van der Waals surface area contributed by atoms with Crippen LogP contribution >= 0.6 is 0 Å². The van der Waals surface area contributed by atoms with E-state index < -0.39 is 0 Å². The Kier molecular flexibility index (Phi) is 3.69. The van der Waals surface area contributed by atoms with Crippen LogP contribution in [0.4, 0.5) is 0 Å². The number of allylic oxidation sites excluding steroid dienone is 1. The molecular weight excluding hydrogens is 100 g/mol. The second-order valence-electron chi connectivity index (χ2n) is 1.55. The third kappa shape index (κ3) is 2.25. The predicted octanol–water partition coefficient (Wildman–Crippen LogP) is 1.15. The van der Waals surface area contributed by atoms with E-state index in [9.17, 15) is 0 Å². The van der Waals surface area contributed by atoms with Gasteiger partial charge in [0.1, 0.15) is 0 Å². The van der Waals surface area contributed by atoms with E-state index in [1.165, 1.54) is 6.20 Å². The van der Waals surface area contributed by atoms with Gasteiger partial charge in [-0.25, -0.2) is 0 Å². The predicted molar refractivity (Wildman–Crippen MR) is 32.8 cm³/mol. The Morgan fingerprint density at radius 1 is 1.88 bits per heavy atom. The second kappa shape index (κ2) is 4.20. The van der Waals surface area contributed by atoms with Crippen LogP contribution in [0.2, 0.25) is 0 Å². The van der Waals surface area contributed by atoms with Gasteiger partial charge in [-0.3, -0.25) is 0 Å². The van der Waals surface area contributed by atoms with Crippen LogP contribution in [-0.4, -0.2) is 0 Å². The number of hydrogen-bond donors (Lipinski definition) is 1. The maximum atomic E-state index is 8.26. The molecule has 0 aliphatic rings. The molecule has 0 spiro atoms. The summed E-state index contributed by atoms with van der Waals surface area (Å²) in [6.45, 7) is 2.01. The van der Waals surface area contributed by atoms with Crippen LogP contribution in [0.15, 0.2) is 11.8 Å². The Bertz CT molecular complexity index is 119. The Balaban J connectivity index is 3.60. The molecule has 2 N–H and O–H groups in total. The van der Waals surface area contributed by atoms with E-state index in [1.807, 2.05) is 13.0 Å². The second-order valence-corrected chi connectivity index (χ2v) is 1.55. The molecule has 0 aromatic heterocycles. The minimum absolute atomic E-state index is 0.674. The summed E-state index contributed by atoms with van der Waals surface area (Å²) in [6, 6.07) is 1.99. The lowest BCUT2D eigenvalue weighted by Crippen LogP contribution is -1.84. The molecule has 0 aromatic rings. The molecule has 0 amide bonds. The van der Waals surface area contributed by atoms with Crippen molar-refractivity contribution in [3.8, 4) is 6.07 Å². The normalized spacial score (nSPS) is 10.8. The van der Waals surface area contributed by atoms with Gasteiger partial charge in [0.05, 0.1) is 6.07 Å². The minimum atomic E-state index is 0.674. The molecule has 0 saturated carbocycles. The Morgan fingerprint density at radius 3 is 2.62 bits per heavy atom. The van der Waals surface area contributed by atoms with E-state index in [-0.39, 0.29) is 0 Å². The van der Waals surface area contributed by atoms with E-state index in [1.54, 1.807) is 0 Å². The van der Waals surface area contributed by atoms with Crippen molar-refractivity contribution in [3.05, 3.63) is 11.8 Å². The fourth-order valence-corrected chi connectivity index (χ4v) is 0.446. The summed E-state index contributed by atoms with van der Waals surface area (Å²) in [5, 5.41) is 8.26. The van der Waals surface area contributed by atoms with E-state index in [2.05, 4.69) is 0 Å². The van der Waals surface area contributed by atoms with Gasteiger partial charge in [0, 0.05) is 11.8 Å². The van der Waals surface area contributed by atoms with Crippen molar-refractivity contribution in [1.82, 2.24) is 0 Å². The first kappa shape index (κ1) is 7.03. The highest BCUT2D eigenvalue weighted by Gasteiger charge is 1.87. The summed E-state index contributed by atoms with van der Waals surface area (Å²) in [7, 11) is 0. The largest absolute Gasteiger partial charge is 0.404 e. The zero-order chi connectivity index (χ0) is 6.41. The van der Waals surface area contributed by atoms with E-state index in [0.717, 1.165) is 12.8 Å². The Labute approximate surface area is 49.6 Å². The molecule has 0 atom stereocenters.